The van der Waals surface area contributed by atoms with E-state index in [4.69, 9.17) is 22.8 Å². The summed E-state index contributed by atoms with van der Waals surface area (Å²) in [6.45, 7) is 2.66. The zero-order chi connectivity index (χ0) is 18.7. The number of halogens is 1. The van der Waals surface area contributed by atoms with Crippen molar-refractivity contribution in [3.63, 3.8) is 0 Å². The highest BCUT2D eigenvalue weighted by molar-refractivity contribution is 7.90. The van der Waals surface area contributed by atoms with Crippen LogP contribution in [0.3, 0.4) is 0 Å². The van der Waals surface area contributed by atoms with E-state index in [-0.39, 0.29) is 11.4 Å². The molecular weight excluding hydrogens is 392 g/mol. The van der Waals surface area contributed by atoms with E-state index in [9.17, 15) is 8.42 Å². The third kappa shape index (κ3) is 3.78. The van der Waals surface area contributed by atoms with Crippen LogP contribution in [0.1, 0.15) is 6.92 Å². The Morgan fingerprint density at radius 2 is 2.00 bits per heavy atom. The highest BCUT2D eigenvalue weighted by atomic mass is 35.5. The van der Waals surface area contributed by atoms with E-state index in [1.165, 1.54) is 35.6 Å². The number of benzene rings is 2. The standard InChI is InChI=1S/C18H15ClN2O3S2/c1-3-11-21-16-10-7-14(24-4-2)12-17(16)25-18(21)20-26(22,23)15-8-5-13(19)6-9-15/h1,5-10,12H,4,11H2,2H3/b20-18-. The number of ether oxygens (including phenoxy) is 1. The Kier molecular flexibility index (Phi) is 5.37. The van der Waals surface area contributed by atoms with Gasteiger partial charge in [-0.15, -0.1) is 10.8 Å². The van der Waals surface area contributed by atoms with E-state index < -0.39 is 10.0 Å². The first-order valence-corrected chi connectivity index (χ1v) is 10.3. The van der Waals surface area contributed by atoms with Crippen molar-refractivity contribution >= 4 is 43.2 Å². The molecule has 3 aromatic rings. The highest BCUT2D eigenvalue weighted by Gasteiger charge is 2.15. The topological polar surface area (TPSA) is 60.7 Å². The molecule has 0 aliphatic rings. The molecule has 0 fully saturated rings. The summed E-state index contributed by atoms with van der Waals surface area (Å²) in [5.41, 5.74) is 0.807. The van der Waals surface area contributed by atoms with Crippen LogP contribution in [0.15, 0.2) is 51.8 Å². The molecule has 8 heteroatoms. The fourth-order valence-electron chi connectivity index (χ4n) is 2.39. The fourth-order valence-corrected chi connectivity index (χ4v) is 4.77. The molecule has 0 spiro atoms. The molecule has 0 saturated heterocycles. The van der Waals surface area contributed by atoms with Crippen LogP contribution in [0.4, 0.5) is 0 Å². The van der Waals surface area contributed by atoms with Crippen molar-refractivity contribution in [3.8, 4) is 18.1 Å². The molecule has 134 valence electrons. The molecule has 2 aromatic carbocycles. The zero-order valence-electron chi connectivity index (χ0n) is 13.8. The van der Waals surface area contributed by atoms with Gasteiger partial charge >= 0.3 is 0 Å². The van der Waals surface area contributed by atoms with Gasteiger partial charge in [0.2, 0.25) is 4.80 Å². The monoisotopic (exact) mass is 406 g/mol. The van der Waals surface area contributed by atoms with Crippen LogP contribution in [0.25, 0.3) is 10.2 Å². The van der Waals surface area contributed by atoms with Crippen molar-refractivity contribution in [1.82, 2.24) is 4.57 Å². The number of aromatic nitrogens is 1. The third-order valence-electron chi connectivity index (χ3n) is 3.52. The third-order valence-corrected chi connectivity index (χ3v) is 6.21. The Morgan fingerprint density at radius 1 is 1.27 bits per heavy atom. The second kappa shape index (κ2) is 7.54. The molecule has 1 aromatic heterocycles. The van der Waals surface area contributed by atoms with Crippen LogP contribution in [-0.4, -0.2) is 19.6 Å². The van der Waals surface area contributed by atoms with Gasteiger partial charge in [0.05, 0.1) is 28.3 Å². The second-order valence-corrected chi connectivity index (χ2v) is 8.31. The van der Waals surface area contributed by atoms with Crippen molar-refractivity contribution in [2.24, 2.45) is 4.40 Å². The van der Waals surface area contributed by atoms with E-state index in [1.54, 1.807) is 4.57 Å². The zero-order valence-corrected chi connectivity index (χ0v) is 16.2. The maximum Gasteiger partial charge on any atom is 0.285 e. The minimum atomic E-state index is -3.88. The van der Waals surface area contributed by atoms with Crippen molar-refractivity contribution in [2.45, 2.75) is 18.4 Å². The molecule has 0 atom stereocenters. The second-order valence-electron chi connectivity index (χ2n) is 5.26. The molecule has 0 unspecified atom stereocenters. The van der Waals surface area contributed by atoms with E-state index in [2.05, 4.69) is 10.3 Å². The van der Waals surface area contributed by atoms with Crippen molar-refractivity contribution < 1.29 is 13.2 Å². The number of sulfonamides is 1. The summed E-state index contributed by atoms with van der Waals surface area (Å²) in [4.78, 5) is 0.378. The molecule has 0 radical (unpaired) electrons. The van der Waals surface area contributed by atoms with Gasteiger partial charge in [0.25, 0.3) is 10.0 Å². The lowest BCUT2D eigenvalue weighted by molar-refractivity contribution is 0.341. The number of rotatable bonds is 5. The lowest BCUT2D eigenvalue weighted by Gasteiger charge is -2.03. The highest BCUT2D eigenvalue weighted by Crippen LogP contribution is 2.24. The molecule has 0 amide bonds. The van der Waals surface area contributed by atoms with Gasteiger partial charge in [0.1, 0.15) is 5.75 Å². The van der Waals surface area contributed by atoms with Crippen LogP contribution in [0.2, 0.25) is 5.02 Å². The van der Waals surface area contributed by atoms with E-state index in [0.29, 0.717) is 22.2 Å². The summed E-state index contributed by atoms with van der Waals surface area (Å²) in [6, 6.07) is 11.4. The van der Waals surface area contributed by atoms with E-state index >= 15 is 0 Å². The summed E-state index contributed by atoms with van der Waals surface area (Å²) < 4.78 is 37.3. The van der Waals surface area contributed by atoms with Crippen molar-refractivity contribution in [1.29, 1.82) is 0 Å². The summed E-state index contributed by atoms with van der Waals surface area (Å²) in [5.74, 6) is 3.25. The average molecular weight is 407 g/mol. The lowest BCUT2D eigenvalue weighted by Crippen LogP contribution is -2.16. The smallest absolute Gasteiger partial charge is 0.285 e. The molecule has 26 heavy (non-hydrogen) atoms. The Bertz CT molecular complexity index is 1150. The minimum absolute atomic E-state index is 0.0709. The normalized spacial score (nSPS) is 12.3. The molecule has 0 aliphatic carbocycles. The van der Waals surface area contributed by atoms with Gasteiger partial charge in [0, 0.05) is 5.02 Å². The van der Waals surface area contributed by atoms with Gasteiger partial charge in [0.15, 0.2) is 0 Å². The molecule has 1 heterocycles. The van der Waals surface area contributed by atoms with Gasteiger partial charge in [-0.25, -0.2) is 0 Å². The van der Waals surface area contributed by atoms with Gasteiger partial charge in [-0.2, -0.15) is 8.42 Å². The lowest BCUT2D eigenvalue weighted by atomic mass is 10.3. The number of hydrogen-bond donors (Lipinski definition) is 0. The average Bonchev–Trinajstić information content (AvgIpc) is 2.92. The molecule has 0 saturated carbocycles. The first kappa shape index (κ1) is 18.5. The van der Waals surface area contributed by atoms with E-state index in [1.807, 2.05) is 25.1 Å². The number of terminal acetylenes is 1. The fraction of sp³-hybridized carbons (Fsp3) is 0.167. The first-order chi connectivity index (χ1) is 12.4. The summed E-state index contributed by atoms with van der Waals surface area (Å²) in [6.07, 6.45) is 5.45. The molecule has 0 N–H and O–H groups in total. The van der Waals surface area contributed by atoms with Gasteiger partial charge in [-0.05, 0) is 49.4 Å². The largest absolute Gasteiger partial charge is 0.494 e. The van der Waals surface area contributed by atoms with Crippen LogP contribution in [0.5, 0.6) is 5.75 Å². The van der Waals surface area contributed by atoms with Crippen LogP contribution < -0.4 is 9.54 Å². The Morgan fingerprint density at radius 3 is 2.65 bits per heavy atom. The quantitative estimate of drug-likeness (QED) is 0.607. The van der Waals surface area contributed by atoms with Crippen LogP contribution in [0, 0.1) is 12.3 Å². The maximum absolute atomic E-state index is 12.6. The van der Waals surface area contributed by atoms with Gasteiger partial charge in [-0.3, -0.25) is 0 Å². The molecule has 0 bridgehead atoms. The molecule has 5 nitrogen and oxygen atoms in total. The summed E-state index contributed by atoms with van der Waals surface area (Å²) in [7, 11) is -3.88. The van der Waals surface area contributed by atoms with Crippen LogP contribution in [-0.2, 0) is 16.6 Å². The number of hydrogen-bond acceptors (Lipinski definition) is 4. The van der Waals surface area contributed by atoms with Crippen molar-refractivity contribution in [2.75, 3.05) is 6.61 Å². The van der Waals surface area contributed by atoms with Crippen molar-refractivity contribution in [3.05, 3.63) is 52.3 Å². The SMILES string of the molecule is C#CCn1/c(=N/S(=O)(=O)c2ccc(Cl)cc2)sc2cc(OCC)ccc21. The van der Waals surface area contributed by atoms with Crippen LogP contribution >= 0.6 is 22.9 Å². The van der Waals surface area contributed by atoms with E-state index in [0.717, 1.165) is 10.2 Å². The number of nitrogens with zero attached hydrogens (tertiary/aromatic N) is 2. The summed E-state index contributed by atoms with van der Waals surface area (Å²) in [5, 5.41) is 0.455. The minimum Gasteiger partial charge on any atom is -0.494 e. The predicted octanol–water partition coefficient (Wildman–Crippen LogP) is 3.68. The first-order valence-electron chi connectivity index (χ1n) is 7.71. The Hall–Kier alpha value is -2.27. The molecule has 3 rings (SSSR count). The number of fused-ring (bicyclic) bond motifs is 1. The van der Waals surface area contributed by atoms with Gasteiger partial charge in [-0.1, -0.05) is 28.9 Å². The summed E-state index contributed by atoms with van der Waals surface area (Å²) >= 11 is 7.06. The predicted molar refractivity (Wildman–Crippen MR) is 104 cm³/mol. The Balaban J connectivity index is 2.19. The van der Waals surface area contributed by atoms with Gasteiger partial charge < -0.3 is 9.30 Å². The number of thiazole rings is 1. The Labute approximate surface area is 160 Å². The maximum atomic E-state index is 12.6. The molecular formula is C18H15ClN2O3S2. The molecule has 0 aliphatic heterocycles.